The number of hydrogen-bond donors (Lipinski definition) is 1. The van der Waals surface area contributed by atoms with E-state index in [1.165, 1.54) is 0 Å². The van der Waals surface area contributed by atoms with Crippen LogP contribution in [0.25, 0.3) is 0 Å². The molecule has 4 heteroatoms. The molecule has 1 atom stereocenters. The van der Waals surface area contributed by atoms with Crippen LogP contribution in [-0.2, 0) is 11.2 Å². The maximum absolute atomic E-state index is 12.2. The molecule has 2 amide bonds. The van der Waals surface area contributed by atoms with E-state index in [1.807, 2.05) is 47.4 Å². The average Bonchev–Trinajstić information content (AvgIpc) is 2.89. The second-order valence-electron chi connectivity index (χ2n) is 5.64. The summed E-state index contributed by atoms with van der Waals surface area (Å²) in [4.78, 5) is 25.5. The number of carbonyl (C=O) groups excluding carboxylic acids is 2. The molecule has 1 fully saturated rings. The van der Waals surface area contributed by atoms with Gasteiger partial charge in [0, 0.05) is 24.2 Å². The predicted octanol–water partition coefficient (Wildman–Crippen LogP) is 2.38. The number of hydrogen-bond acceptors (Lipinski definition) is 2. The lowest BCUT2D eigenvalue weighted by atomic mass is 9.94. The van der Waals surface area contributed by atoms with Gasteiger partial charge in [0.15, 0.2) is 0 Å². The fraction of sp³-hybridized carbons (Fsp3) is 0.222. The minimum absolute atomic E-state index is 0.132. The zero-order chi connectivity index (χ0) is 15.5. The Hall–Kier alpha value is -2.62. The number of primary amides is 1. The summed E-state index contributed by atoms with van der Waals surface area (Å²) < 4.78 is 0. The molecule has 22 heavy (non-hydrogen) atoms. The molecule has 2 N–H and O–H groups in total. The second-order valence-corrected chi connectivity index (χ2v) is 5.64. The molecule has 1 aliphatic rings. The molecule has 0 aromatic heterocycles. The van der Waals surface area contributed by atoms with Crippen LogP contribution in [0, 0.1) is 5.92 Å². The molecule has 4 nitrogen and oxygen atoms in total. The van der Waals surface area contributed by atoms with Gasteiger partial charge in [0.1, 0.15) is 0 Å². The van der Waals surface area contributed by atoms with Crippen molar-refractivity contribution in [3.8, 4) is 0 Å². The summed E-state index contributed by atoms with van der Waals surface area (Å²) >= 11 is 0. The average molecular weight is 294 g/mol. The Morgan fingerprint density at radius 1 is 1.09 bits per heavy atom. The smallest absolute Gasteiger partial charge is 0.248 e. The fourth-order valence-corrected chi connectivity index (χ4v) is 3.03. The van der Waals surface area contributed by atoms with Crippen molar-refractivity contribution in [1.29, 1.82) is 0 Å². The summed E-state index contributed by atoms with van der Waals surface area (Å²) in [7, 11) is 0. The third-order valence-electron chi connectivity index (χ3n) is 4.06. The van der Waals surface area contributed by atoms with Crippen LogP contribution in [0.4, 0.5) is 5.69 Å². The van der Waals surface area contributed by atoms with Crippen LogP contribution in [0.2, 0.25) is 0 Å². The van der Waals surface area contributed by atoms with Gasteiger partial charge in [0.2, 0.25) is 11.8 Å². The van der Waals surface area contributed by atoms with E-state index in [-0.39, 0.29) is 11.8 Å². The molecule has 0 spiro atoms. The van der Waals surface area contributed by atoms with Crippen LogP contribution in [0.15, 0.2) is 54.6 Å². The van der Waals surface area contributed by atoms with Crippen molar-refractivity contribution < 1.29 is 9.59 Å². The summed E-state index contributed by atoms with van der Waals surface area (Å²) in [6, 6.07) is 17.0. The second kappa shape index (κ2) is 6.02. The molecule has 0 aliphatic carbocycles. The number of carbonyl (C=O) groups is 2. The van der Waals surface area contributed by atoms with Crippen LogP contribution in [0.1, 0.15) is 22.3 Å². The first-order valence-electron chi connectivity index (χ1n) is 7.38. The lowest BCUT2D eigenvalue weighted by Gasteiger charge is -2.17. The maximum Gasteiger partial charge on any atom is 0.248 e. The number of benzene rings is 2. The zero-order valence-electron chi connectivity index (χ0n) is 12.2. The molecule has 1 saturated heterocycles. The van der Waals surface area contributed by atoms with Crippen molar-refractivity contribution in [3.63, 3.8) is 0 Å². The third kappa shape index (κ3) is 2.86. The number of anilines is 1. The Bertz CT molecular complexity index is 697. The van der Waals surface area contributed by atoms with Gasteiger partial charge in [-0.3, -0.25) is 9.59 Å². The highest BCUT2D eigenvalue weighted by molar-refractivity contribution is 5.96. The van der Waals surface area contributed by atoms with E-state index in [0.29, 0.717) is 24.9 Å². The van der Waals surface area contributed by atoms with Crippen molar-refractivity contribution in [3.05, 3.63) is 65.7 Å². The molecule has 0 bridgehead atoms. The van der Waals surface area contributed by atoms with Crippen LogP contribution in [0.5, 0.6) is 0 Å². The van der Waals surface area contributed by atoms with Crippen LogP contribution in [-0.4, -0.2) is 18.4 Å². The lowest BCUT2D eigenvalue weighted by molar-refractivity contribution is -0.117. The summed E-state index contributed by atoms with van der Waals surface area (Å²) in [5, 5.41) is 0. The highest BCUT2D eigenvalue weighted by Crippen LogP contribution is 2.27. The van der Waals surface area contributed by atoms with E-state index in [1.54, 1.807) is 12.1 Å². The van der Waals surface area contributed by atoms with E-state index in [4.69, 9.17) is 5.73 Å². The Morgan fingerprint density at radius 3 is 2.50 bits per heavy atom. The van der Waals surface area contributed by atoms with E-state index in [2.05, 4.69) is 0 Å². The van der Waals surface area contributed by atoms with Crippen LogP contribution in [0.3, 0.4) is 0 Å². The summed E-state index contributed by atoms with van der Waals surface area (Å²) in [5.41, 5.74) is 7.82. The normalized spacial score (nSPS) is 17.7. The monoisotopic (exact) mass is 294 g/mol. The highest BCUT2D eigenvalue weighted by atomic mass is 16.2. The number of rotatable bonds is 4. The molecule has 0 saturated carbocycles. The standard InChI is InChI=1S/C18H18N2O2/c19-18(22)16-9-5-4-6-14(16)10-13-11-17(21)20(12-13)15-7-2-1-3-8-15/h1-9,13H,10-12H2,(H2,19,22)/t13-/m0/s1. The molecule has 0 unspecified atom stereocenters. The van der Waals surface area contributed by atoms with E-state index in [9.17, 15) is 9.59 Å². The van der Waals surface area contributed by atoms with Gasteiger partial charge in [-0.05, 0) is 36.1 Å². The summed E-state index contributed by atoms with van der Waals surface area (Å²) in [5.74, 6) is -0.0826. The van der Waals surface area contributed by atoms with Gasteiger partial charge in [0.25, 0.3) is 0 Å². The molecule has 0 radical (unpaired) electrons. The molecular weight excluding hydrogens is 276 g/mol. The van der Waals surface area contributed by atoms with E-state index >= 15 is 0 Å². The number of nitrogens with zero attached hydrogens (tertiary/aromatic N) is 1. The minimum atomic E-state index is -0.417. The molecular formula is C18H18N2O2. The number of para-hydroxylation sites is 1. The summed E-state index contributed by atoms with van der Waals surface area (Å²) in [6.07, 6.45) is 1.19. The van der Waals surface area contributed by atoms with Gasteiger partial charge in [0.05, 0.1) is 0 Å². The Morgan fingerprint density at radius 2 is 1.77 bits per heavy atom. The molecule has 1 aliphatic heterocycles. The quantitative estimate of drug-likeness (QED) is 0.941. The van der Waals surface area contributed by atoms with Crippen molar-refractivity contribution in [2.75, 3.05) is 11.4 Å². The highest BCUT2D eigenvalue weighted by Gasteiger charge is 2.31. The number of nitrogens with two attached hydrogens (primary N) is 1. The van der Waals surface area contributed by atoms with Gasteiger partial charge < -0.3 is 10.6 Å². The molecule has 2 aromatic carbocycles. The lowest BCUT2D eigenvalue weighted by Crippen LogP contribution is -2.24. The third-order valence-corrected chi connectivity index (χ3v) is 4.06. The molecule has 112 valence electrons. The Balaban J connectivity index is 1.76. The topological polar surface area (TPSA) is 63.4 Å². The SMILES string of the molecule is NC(=O)c1ccccc1C[C@H]1CC(=O)N(c2ccccc2)C1. The van der Waals surface area contributed by atoms with Crippen molar-refractivity contribution in [1.82, 2.24) is 0 Å². The molecule has 1 heterocycles. The zero-order valence-corrected chi connectivity index (χ0v) is 12.2. The fourth-order valence-electron chi connectivity index (χ4n) is 3.03. The first kappa shape index (κ1) is 14.3. The van der Waals surface area contributed by atoms with Gasteiger partial charge in [-0.2, -0.15) is 0 Å². The van der Waals surface area contributed by atoms with E-state index < -0.39 is 5.91 Å². The van der Waals surface area contributed by atoms with Crippen LogP contribution < -0.4 is 10.6 Å². The van der Waals surface area contributed by atoms with Gasteiger partial charge in [-0.15, -0.1) is 0 Å². The molecule has 3 rings (SSSR count). The van der Waals surface area contributed by atoms with Gasteiger partial charge in [-0.1, -0.05) is 36.4 Å². The van der Waals surface area contributed by atoms with Crippen molar-refractivity contribution in [2.45, 2.75) is 12.8 Å². The number of amides is 2. The minimum Gasteiger partial charge on any atom is -0.366 e. The van der Waals surface area contributed by atoms with Gasteiger partial charge >= 0.3 is 0 Å². The summed E-state index contributed by atoms with van der Waals surface area (Å²) in [6.45, 7) is 0.677. The largest absolute Gasteiger partial charge is 0.366 e. The Kier molecular flexibility index (Phi) is 3.92. The Labute approximate surface area is 129 Å². The first-order chi connectivity index (χ1) is 10.6. The van der Waals surface area contributed by atoms with Gasteiger partial charge in [-0.25, -0.2) is 0 Å². The van der Waals surface area contributed by atoms with Crippen molar-refractivity contribution in [2.24, 2.45) is 11.7 Å². The van der Waals surface area contributed by atoms with Crippen molar-refractivity contribution >= 4 is 17.5 Å². The first-order valence-corrected chi connectivity index (χ1v) is 7.38. The van der Waals surface area contributed by atoms with Crippen LogP contribution >= 0.6 is 0 Å². The van der Waals surface area contributed by atoms with E-state index in [0.717, 1.165) is 11.3 Å². The molecule has 2 aromatic rings. The maximum atomic E-state index is 12.2. The predicted molar refractivity (Wildman–Crippen MR) is 85.6 cm³/mol.